The molecule has 3 aromatic heterocycles. The Balaban J connectivity index is 1.96. The second-order valence-corrected chi connectivity index (χ2v) is 8.04. The molecule has 7 nitrogen and oxygen atoms in total. The Kier molecular flexibility index (Phi) is 7.02. The van der Waals surface area contributed by atoms with Gasteiger partial charge in [0.05, 0.1) is 18.5 Å². The quantitative estimate of drug-likeness (QED) is 0.393. The van der Waals surface area contributed by atoms with Gasteiger partial charge in [0.25, 0.3) is 5.91 Å². The van der Waals surface area contributed by atoms with Crippen molar-refractivity contribution in [2.75, 3.05) is 13.7 Å². The van der Waals surface area contributed by atoms with Gasteiger partial charge in [0, 0.05) is 36.7 Å². The predicted octanol–water partition coefficient (Wildman–Crippen LogP) is 3.89. The third kappa shape index (κ3) is 4.59. The molecule has 8 heteroatoms. The molecule has 3 heterocycles. The fraction of sp³-hybridized carbons (Fsp3) is 0.304. The van der Waals surface area contributed by atoms with Crippen LogP contribution >= 0.6 is 11.3 Å². The molecule has 0 aliphatic heterocycles. The van der Waals surface area contributed by atoms with E-state index in [9.17, 15) is 14.4 Å². The zero-order valence-corrected chi connectivity index (χ0v) is 18.9. The number of nitrogens with zero attached hydrogens (tertiary/aromatic N) is 3. The first-order valence-electron chi connectivity index (χ1n) is 9.91. The number of Topliss-reactive ketones (excluding diaryl/α,β-unsaturated/α-hetero) is 1. The molecule has 0 unspecified atom stereocenters. The van der Waals surface area contributed by atoms with Crippen molar-refractivity contribution < 1.29 is 19.1 Å². The van der Waals surface area contributed by atoms with Crippen LogP contribution < -0.4 is 0 Å². The van der Waals surface area contributed by atoms with Crippen LogP contribution in [0.4, 0.5) is 0 Å². The number of ketones is 1. The van der Waals surface area contributed by atoms with E-state index in [2.05, 4.69) is 4.98 Å². The fourth-order valence-electron chi connectivity index (χ4n) is 3.78. The lowest BCUT2D eigenvalue weighted by atomic mass is 10.0. The van der Waals surface area contributed by atoms with Crippen LogP contribution in [-0.2, 0) is 17.8 Å². The Bertz CT molecular complexity index is 1090. The summed E-state index contributed by atoms with van der Waals surface area (Å²) >= 11 is 1.33. The Hall–Kier alpha value is -3.26. The summed E-state index contributed by atoms with van der Waals surface area (Å²) in [6.45, 7) is 6.13. The molecule has 0 bridgehead atoms. The third-order valence-electron chi connectivity index (χ3n) is 5.19. The molecule has 0 atom stereocenters. The van der Waals surface area contributed by atoms with Crippen LogP contribution in [0.15, 0.2) is 42.0 Å². The van der Waals surface area contributed by atoms with Gasteiger partial charge in [-0.3, -0.25) is 14.6 Å². The van der Waals surface area contributed by atoms with Crippen molar-refractivity contribution in [3.63, 3.8) is 0 Å². The first kappa shape index (κ1) is 22.4. The Labute approximate surface area is 185 Å². The summed E-state index contributed by atoms with van der Waals surface area (Å²) in [6.07, 6.45) is 3.34. The van der Waals surface area contributed by atoms with Crippen molar-refractivity contribution in [3.05, 3.63) is 75.0 Å². The molecule has 0 N–H and O–H groups in total. The molecule has 31 heavy (non-hydrogen) atoms. The second-order valence-electron chi connectivity index (χ2n) is 7.09. The third-order valence-corrected chi connectivity index (χ3v) is 6.05. The highest BCUT2D eigenvalue weighted by atomic mass is 32.1. The molecule has 0 saturated carbocycles. The smallest absolute Gasteiger partial charge is 0.354 e. The number of amides is 1. The van der Waals surface area contributed by atoms with Crippen molar-refractivity contribution in [3.8, 4) is 0 Å². The minimum Gasteiger partial charge on any atom is -0.464 e. The molecule has 3 rings (SSSR count). The molecule has 0 radical (unpaired) electrons. The summed E-state index contributed by atoms with van der Waals surface area (Å²) in [5, 5.41) is 1.83. The molecule has 3 aromatic rings. The molecule has 0 fully saturated rings. The highest BCUT2D eigenvalue weighted by molar-refractivity contribution is 7.12. The van der Waals surface area contributed by atoms with Gasteiger partial charge in [-0.2, -0.15) is 0 Å². The minimum atomic E-state index is -0.483. The normalized spacial score (nSPS) is 10.7. The number of aromatic nitrogens is 2. The van der Waals surface area contributed by atoms with E-state index in [0.717, 1.165) is 5.56 Å². The van der Waals surface area contributed by atoms with E-state index >= 15 is 0 Å². The van der Waals surface area contributed by atoms with Gasteiger partial charge in [0.1, 0.15) is 5.69 Å². The number of carbonyl (C=O) groups excluding carboxylic acids is 3. The molecular weight excluding hydrogens is 414 g/mol. The van der Waals surface area contributed by atoms with E-state index in [0.29, 0.717) is 33.9 Å². The topological polar surface area (TPSA) is 81.5 Å². The van der Waals surface area contributed by atoms with Gasteiger partial charge in [0.15, 0.2) is 5.78 Å². The minimum absolute atomic E-state index is 0.109. The van der Waals surface area contributed by atoms with E-state index in [4.69, 9.17) is 4.74 Å². The lowest BCUT2D eigenvalue weighted by Gasteiger charge is -2.22. The number of thiophene rings is 1. The van der Waals surface area contributed by atoms with E-state index < -0.39 is 5.97 Å². The Morgan fingerprint density at radius 2 is 1.97 bits per heavy atom. The summed E-state index contributed by atoms with van der Waals surface area (Å²) in [5.41, 5.74) is 2.91. The Morgan fingerprint density at radius 3 is 2.55 bits per heavy atom. The average Bonchev–Trinajstić information content (AvgIpc) is 3.39. The molecule has 0 saturated heterocycles. The summed E-state index contributed by atoms with van der Waals surface area (Å²) in [6, 6.07) is 7.21. The van der Waals surface area contributed by atoms with Crippen molar-refractivity contribution >= 4 is 29.0 Å². The maximum atomic E-state index is 13.4. The van der Waals surface area contributed by atoms with Gasteiger partial charge < -0.3 is 14.2 Å². The lowest BCUT2D eigenvalue weighted by Crippen LogP contribution is -2.35. The van der Waals surface area contributed by atoms with Gasteiger partial charge in [-0.25, -0.2) is 4.79 Å². The van der Waals surface area contributed by atoms with Crippen molar-refractivity contribution in [1.29, 1.82) is 0 Å². The predicted molar refractivity (Wildman–Crippen MR) is 119 cm³/mol. The molecule has 0 aromatic carbocycles. The number of pyridine rings is 1. The standard InChI is InChI=1S/C23H25N3O4S/c1-5-26-16(3)20(15(2)21(26)23(29)30-4)18(27)14-25(13-17-8-6-10-24-12-17)22(28)19-9-7-11-31-19/h6-12H,5,13-14H2,1-4H3. The SMILES string of the molecule is CCn1c(C)c(C(=O)CN(Cc2cccnc2)C(=O)c2cccs2)c(C)c1C(=O)OC. The van der Waals surface area contributed by atoms with E-state index in [1.54, 1.807) is 42.1 Å². The van der Waals surface area contributed by atoms with Gasteiger partial charge in [-0.1, -0.05) is 12.1 Å². The highest BCUT2D eigenvalue weighted by Gasteiger charge is 2.28. The van der Waals surface area contributed by atoms with Crippen LogP contribution in [-0.4, -0.2) is 45.8 Å². The Morgan fingerprint density at radius 1 is 1.19 bits per heavy atom. The van der Waals surface area contributed by atoms with Crippen molar-refractivity contribution in [2.24, 2.45) is 0 Å². The molecule has 0 spiro atoms. The largest absolute Gasteiger partial charge is 0.464 e. The number of ether oxygens (including phenoxy) is 1. The highest BCUT2D eigenvalue weighted by Crippen LogP contribution is 2.25. The number of methoxy groups -OCH3 is 1. The van der Waals surface area contributed by atoms with Gasteiger partial charge in [0.2, 0.25) is 0 Å². The van der Waals surface area contributed by atoms with Crippen LogP contribution in [0.5, 0.6) is 0 Å². The second kappa shape index (κ2) is 9.70. The molecular formula is C23H25N3O4S. The van der Waals surface area contributed by atoms with Crippen LogP contribution in [0.25, 0.3) is 0 Å². The van der Waals surface area contributed by atoms with Crippen molar-refractivity contribution in [1.82, 2.24) is 14.5 Å². The first-order valence-corrected chi connectivity index (χ1v) is 10.8. The van der Waals surface area contributed by atoms with Crippen molar-refractivity contribution in [2.45, 2.75) is 33.9 Å². The summed E-state index contributed by atoms with van der Waals surface area (Å²) in [5.74, 6) is -0.921. The lowest BCUT2D eigenvalue weighted by molar-refractivity contribution is 0.0587. The average molecular weight is 440 g/mol. The van der Waals surface area contributed by atoms with E-state index in [-0.39, 0.29) is 24.8 Å². The van der Waals surface area contributed by atoms with Crippen LogP contribution in [0.2, 0.25) is 0 Å². The summed E-state index contributed by atoms with van der Waals surface area (Å²) in [7, 11) is 1.32. The van der Waals surface area contributed by atoms with E-state index in [1.165, 1.54) is 23.3 Å². The maximum Gasteiger partial charge on any atom is 0.354 e. The molecule has 1 amide bonds. The van der Waals surface area contributed by atoms with Gasteiger partial charge in [-0.15, -0.1) is 11.3 Å². The zero-order valence-electron chi connectivity index (χ0n) is 18.0. The molecule has 162 valence electrons. The first-order chi connectivity index (χ1) is 14.9. The van der Waals surface area contributed by atoms with Crippen LogP contribution in [0.1, 0.15) is 54.3 Å². The molecule has 0 aliphatic rings. The van der Waals surface area contributed by atoms with Crippen LogP contribution in [0.3, 0.4) is 0 Å². The number of esters is 1. The van der Waals surface area contributed by atoms with Crippen LogP contribution in [0, 0.1) is 13.8 Å². The number of hydrogen-bond donors (Lipinski definition) is 0. The summed E-state index contributed by atoms with van der Waals surface area (Å²) < 4.78 is 6.69. The van der Waals surface area contributed by atoms with E-state index in [1.807, 2.05) is 25.3 Å². The maximum absolute atomic E-state index is 13.4. The fourth-order valence-corrected chi connectivity index (χ4v) is 4.47. The zero-order chi connectivity index (χ0) is 22.5. The number of carbonyl (C=O) groups is 3. The molecule has 0 aliphatic carbocycles. The van der Waals surface area contributed by atoms with Gasteiger partial charge in [-0.05, 0) is 49.4 Å². The summed E-state index contributed by atoms with van der Waals surface area (Å²) in [4.78, 5) is 45.0. The van der Waals surface area contributed by atoms with Gasteiger partial charge >= 0.3 is 5.97 Å². The number of rotatable bonds is 8. The monoisotopic (exact) mass is 439 g/mol. The number of hydrogen-bond acceptors (Lipinski definition) is 6.